The number of nitrogens with zero attached hydrogens (tertiary/aromatic N) is 1. The zero-order chi connectivity index (χ0) is 18.2. The molecule has 1 atom stereocenters. The Labute approximate surface area is 145 Å². The van der Waals surface area contributed by atoms with Crippen molar-refractivity contribution in [3.05, 3.63) is 59.7 Å². The maximum atomic E-state index is 14.1. The summed E-state index contributed by atoms with van der Waals surface area (Å²) in [4.78, 5) is 14.1. The van der Waals surface area contributed by atoms with Crippen molar-refractivity contribution in [1.82, 2.24) is 0 Å². The molecule has 6 heteroatoms. The third kappa shape index (κ3) is 3.43. The molecule has 0 unspecified atom stereocenters. The molecule has 2 aromatic carbocycles. The lowest BCUT2D eigenvalue weighted by molar-refractivity contribution is 0.0541. The van der Waals surface area contributed by atoms with Gasteiger partial charge in [-0.25, -0.2) is 9.18 Å². The van der Waals surface area contributed by atoms with E-state index in [0.717, 1.165) is 11.6 Å². The number of rotatable bonds is 1. The fourth-order valence-corrected chi connectivity index (χ4v) is 2.71. The third-order valence-electron chi connectivity index (χ3n) is 3.76. The molecule has 1 amide bonds. The number of amides is 1. The van der Waals surface area contributed by atoms with Crippen molar-refractivity contribution >= 4 is 11.8 Å². The molecule has 0 saturated carbocycles. The van der Waals surface area contributed by atoms with E-state index in [-0.39, 0.29) is 18.0 Å². The Morgan fingerprint density at radius 3 is 2.48 bits per heavy atom. The number of carbonyl (C=O) groups excluding carboxylic acids is 1. The molecule has 4 nitrogen and oxygen atoms in total. The Morgan fingerprint density at radius 1 is 1.16 bits per heavy atom. The second kappa shape index (κ2) is 6.35. The van der Waals surface area contributed by atoms with Gasteiger partial charge in [0.05, 0.1) is 11.7 Å². The van der Waals surface area contributed by atoms with Gasteiger partial charge in [0.2, 0.25) is 5.82 Å². The lowest BCUT2D eigenvalue weighted by atomic mass is 10.0. The Kier molecular flexibility index (Phi) is 4.37. The van der Waals surface area contributed by atoms with Crippen LogP contribution in [0.4, 0.5) is 19.3 Å². The van der Waals surface area contributed by atoms with E-state index in [1.165, 1.54) is 11.0 Å². The number of ether oxygens (including phenoxy) is 2. The third-order valence-corrected chi connectivity index (χ3v) is 3.76. The minimum Gasteiger partial charge on any atom is -0.486 e. The molecule has 25 heavy (non-hydrogen) atoms. The molecule has 0 saturated heterocycles. The quantitative estimate of drug-likeness (QED) is 0.741. The number of benzene rings is 2. The van der Waals surface area contributed by atoms with Crippen molar-refractivity contribution in [3.8, 4) is 5.75 Å². The normalized spacial score (nSPS) is 16.8. The molecule has 0 bridgehead atoms. The van der Waals surface area contributed by atoms with E-state index < -0.39 is 29.4 Å². The van der Waals surface area contributed by atoms with Gasteiger partial charge in [-0.3, -0.25) is 4.90 Å². The fourth-order valence-electron chi connectivity index (χ4n) is 2.71. The number of halogens is 2. The molecule has 0 fully saturated rings. The Balaban J connectivity index is 2.08. The van der Waals surface area contributed by atoms with Gasteiger partial charge in [-0.1, -0.05) is 30.3 Å². The van der Waals surface area contributed by atoms with Gasteiger partial charge in [0.1, 0.15) is 12.2 Å². The highest BCUT2D eigenvalue weighted by molar-refractivity contribution is 5.91. The van der Waals surface area contributed by atoms with Crippen LogP contribution in [0.5, 0.6) is 5.75 Å². The highest BCUT2D eigenvalue weighted by Gasteiger charge is 2.38. The van der Waals surface area contributed by atoms with Crippen LogP contribution in [0.1, 0.15) is 32.4 Å². The molecule has 0 aromatic heterocycles. The smallest absolute Gasteiger partial charge is 0.415 e. The molecule has 0 aliphatic carbocycles. The Hall–Kier alpha value is -2.63. The molecule has 132 valence electrons. The number of hydrogen-bond acceptors (Lipinski definition) is 3. The van der Waals surface area contributed by atoms with E-state index in [2.05, 4.69) is 0 Å². The first-order valence-corrected chi connectivity index (χ1v) is 7.96. The van der Waals surface area contributed by atoms with Crippen molar-refractivity contribution in [2.45, 2.75) is 32.4 Å². The first-order chi connectivity index (χ1) is 11.8. The fraction of sp³-hybridized carbons (Fsp3) is 0.316. The van der Waals surface area contributed by atoms with Crippen LogP contribution in [0.3, 0.4) is 0 Å². The van der Waals surface area contributed by atoms with Crippen LogP contribution in [-0.4, -0.2) is 18.3 Å². The van der Waals surface area contributed by atoms with Crippen LogP contribution in [0.25, 0.3) is 0 Å². The number of anilines is 1. The zero-order valence-electron chi connectivity index (χ0n) is 14.3. The molecular formula is C19H19F2NO3. The van der Waals surface area contributed by atoms with Gasteiger partial charge in [0.15, 0.2) is 11.6 Å². The predicted molar refractivity (Wildman–Crippen MR) is 89.7 cm³/mol. The van der Waals surface area contributed by atoms with E-state index in [1.807, 2.05) is 30.3 Å². The summed E-state index contributed by atoms with van der Waals surface area (Å²) in [6.07, 6.45) is -0.642. The first-order valence-electron chi connectivity index (χ1n) is 7.96. The summed E-state index contributed by atoms with van der Waals surface area (Å²) in [5.74, 6) is -2.42. The minimum atomic E-state index is -1.11. The summed E-state index contributed by atoms with van der Waals surface area (Å²) >= 11 is 0. The van der Waals surface area contributed by atoms with Crippen molar-refractivity contribution < 1.29 is 23.0 Å². The van der Waals surface area contributed by atoms with Crippen LogP contribution in [-0.2, 0) is 4.74 Å². The van der Waals surface area contributed by atoms with Gasteiger partial charge in [0.25, 0.3) is 0 Å². The van der Waals surface area contributed by atoms with Crippen molar-refractivity contribution in [1.29, 1.82) is 0 Å². The average molecular weight is 347 g/mol. The van der Waals surface area contributed by atoms with Crippen LogP contribution in [0, 0.1) is 11.6 Å². The van der Waals surface area contributed by atoms with E-state index in [1.54, 1.807) is 20.8 Å². The van der Waals surface area contributed by atoms with Crippen LogP contribution in [0.15, 0.2) is 42.5 Å². The summed E-state index contributed by atoms with van der Waals surface area (Å²) in [7, 11) is 0. The summed E-state index contributed by atoms with van der Waals surface area (Å²) < 4.78 is 38.6. The van der Waals surface area contributed by atoms with Crippen LogP contribution < -0.4 is 9.64 Å². The monoisotopic (exact) mass is 347 g/mol. The summed E-state index contributed by atoms with van der Waals surface area (Å²) in [5, 5.41) is 0. The highest BCUT2D eigenvalue weighted by Crippen LogP contribution is 2.42. The van der Waals surface area contributed by atoms with Gasteiger partial charge in [0, 0.05) is 0 Å². The minimum absolute atomic E-state index is 0.00334. The molecule has 1 heterocycles. The van der Waals surface area contributed by atoms with Crippen LogP contribution in [0.2, 0.25) is 0 Å². The van der Waals surface area contributed by atoms with Crippen molar-refractivity contribution in [2.75, 3.05) is 11.5 Å². The van der Waals surface area contributed by atoms with Gasteiger partial charge in [-0.15, -0.1) is 0 Å². The Bertz CT molecular complexity index is 787. The number of carbonyl (C=O) groups is 1. The average Bonchev–Trinajstić information content (AvgIpc) is 2.56. The van der Waals surface area contributed by atoms with Gasteiger partial charge >= 0.3 is 6.09 Å². The maximum Gasteiger partial charge on any atom is 0.415 e. The van der Waals surface area contributed by atoms with Gasteiger partial charge in [-0.2, -0.15) is 4.39 Å². The lowest BCUT2D eigenvalue weighted by Crippen LogP contribution is -2.44. The Morgan fingerprint density at radius 2 is 1.84 bits per heavy atom. The molecular weight excluding hydrogens is 328 g/mol. The molecule has 0 spiro atoms. The van der Waals surface area contributed by atoms with Gasteiger partial charge < -0.3 is 9.47 Å². The highest BCUT2D eigenvalue weighted by atomic mass is 19.2. The number of fused-ring (bicyclic) bond motifs is 1. The lowest BCUT2D eigenvalue weighted by Gasteiger charge is -2.38. The second-order valence-electron chi connectivity index (χ2n) is 6.80. The van der Waals surface area contributed by atoms with Crippen LogP contribution >= 0.6 is 0 Å². The van der Waals surface area contributed by atoms with E-state index in [4.69, 9.17) is 9.47 Å². The molecule has 0 radical (unpaired) electrons. The molecule has 1 aliphatic heterocycles. The van der Waals surface area contributed by atoms with Crippen molar-refractivity contribution in [3.63, 3.8) is 0 Å². The largest absolute Gasteiger partial charge is 0.486 e. The zero-order valence-corrected chi connectivity index (χ0v) is 14.3. The summed E-state index contributed by atoms with van der Waals surface area (Å²) in [6.45, 7) is 5.23. The van der Waals surface area contributed by atoms with E-state index >= 15 is 0 Å². The van der Waals surface area contributed by atoms with Crippen molar-refractivity contribution in [2.24, 2.45) is 0 Å². The molecule has 1 aliphatic rings. The first kappa shape index (κ1) is 17.2. The van der Waals surface area contributed by atoms with Gasteiger partial charge in [-0.05, 0) is 38.5 Å². The topological polar surface area (TPSA) is 38.8 Å². The maximum absolute atomic E-state index is 14.1. The second-order valence-corrected chi connectivity index (χ2v) is 6.80. The molecule has 2 aromatic rings. The van der Waals surface area contributed by atoms with E-state index in [9.17, 15) is 13.6 Å². The van der Waals surface area contributed by atoms with E-state index in [0.29, 0.717) is 0 Å². The SMILES string of the molecule is CC(C)(C)OC(=O)N1c2ccc(F)c(F)c2OC[C@@H]1c1ccccc1. The standard InChI is InChI=1S/C19H19F2NO3/c1-19(2,3)25-18(23)22-14-10-9-13(20)16(21)17(14)24-11-15(22)12-7-5-4-6-8-12/h4-10,15H,11H2,1-3H3/t15-/m1/s1. The molecule has 0 N–H and O–H groups in total. The molecule has 3 rings (SSSR count). The summed E-state index contributed by atoms with van der Waals surface area (Å²) in [5.41, 5.74) is 0.229. The number of hydrogen-bond donors (Lipinski definition) is 0. The summed E-state index contributed by atoms with van der Waals surface area (Å²) in [6, 6.07) is 11.0. The predicted octanol–water partition coefficient (Wildman–Crippen LogP) is 4.84.